The lowest BCUT2D eigenvalue weighted by atomic mass is 9.93. The number of aromatic nitrogens is 1. The van der Waals surface area contributed by atoms with Crippen LogP contribution in [0.15, 0.2) is 54.6 Å². The molecule has 1 heterocycles. The Hall–Kier alpha value is -2.81. The van der Waals surface area contributed by atoms with E-state index in [0.717, 1.165) is 33.3 Å². The molecule has 1 atom stereocenters. The van der Waals surface area contributed by atoms with E-state index in [1.807, 2.05) is 36.4 Å². The van der Waals surface area contributed by atoms with Crippen LogP contribution in [0.2, 0.25) is 0 Å². The second-order valence-corrected chi connectivity index (χ2v) is 6.14. The summed E-state index contributed by atoms with van der Waals surface area (Å²) in [5, 5.41) is 10.8. The minimum atomic E-state index is 0.102. The fraction of sp³-hybridized carbons (Fsp3) is 0.150. The maximum Gasteiger partial charge on any atom is 0.156 e. The molecule has 0 saturated carbocycles. The van der Waals surface area contributed by atoms with Crippen LogP contribution in [0.5, 0.6) is 5.75 Å². The van der Waals surface area contributed by atoms with Crippen molar-refractivity contribution in [1.82, 2.24) is 4.98 Å². The van der Waals surface area contributed by atoms with E-state index in [0.29, 0.717) is 6.42 Å². The summed E-state index contributed by atoms with van der Waals surface area (Å²) in [6.07, 6.45) is 2.22. The van der Waals surface area contributed by atoms with Crippen LogP contribution in [0.3, 0.4) is 0 Å². The molecule has 0 saturated heterocycles. The number of phenolic OH excluding ortho intramolecular Hbond substituents is 1. The molecular weight excluding hydrogens is 286 g/mol. The van der Waals surface area contributed by atoms with Crippen molar-refractivity contribution >= 4 is 22.3 Å². The SMILES string of the molecule is CC1CC(=O)C=C(c2ccccc2)c2[nH]c3ccc(O)cc3c21. The zero-order valence-corrected chi connectivity index (χ0v) is 12.8. The lowest BCUT2D eigenvalue weighted by Crippen LogP contribution is -1.99. The molecule has 1 aromatic heterocycles. The van der Waals surface area contributed by atoms with E-state index >= 15 is 0 Å². The Morgan fingerprint density at radius 2 is 1.91 bits per heavy atom. The van der Waals surface area contributed by atoms with E-state index in [1.165, 1.54) is 0 Å². The van der Waals surface area contributed by atoms with Crippen LogP contribution in [0.1, 0.15) is 36.1 Å². The fourth-order valence-corrected chi connectivity index (χ4v) is 3.47. The van der Waals surface area contributed by atoms with Crippen LogP contribution in [0.25, 0.3) is 16.5 Å². The molecule has 2 aromatic carbocycles. The number of carbonyl (C=O) groups excluding carboxylic acids is 1. The Balaban J connectivity index is 2.04. The molecule has 0 amide bonds. The highest BCUT2D eigenvalue weighted by Crippen LogP contribution is 2.40. The largest absolute Gasteiger partial charge is 0.508 e. The molecule has 114 valence electrons. The smallest absolute Gasteiger partial charge is 0.156 e. The first kappa shape index (κ1) is 13.8. The van der Waals surface area contributed by atoms with E-state index in [-0.39, 0.29) is 17.5 Å². The molecule has 1 aliphatic rings. The Morgan fingerprint density at radius 3 is 2.70 bits per heavy atom. The number of phenols is 1. The highest BCUT2D eigenvalue weighted by molar-refractivity contribution is 6.05. The van der Waals surface area contributed by atoms with Crippen molar-refractivity contribution in [2.24, 2.45) is 0 Å². The van der Waals surface area contributed by atoms with Crippen molar-refractivity contribution in [2.75, 3.05) is 0 Å². The van der Waals surface area contributed by atoms with Gasteiger partial charge in [0, 0.05) is 22.9 Å². The summed E-state index contributed by atoms with van der Waals surface area (Å²) in [5.74, 6) is 0.479. The average molecular weight is 303 g/mol. The number of H-pyrrole nitrogens is 1. The molecular formula is C20H17NO2. The average Bonchev–Trinajstić information content (AvgIpc) is 2.85. The first-order valence-electron chi connectivity index (χ1n) is 7.78. The number of fused-ring (bicyclic) bond motifs is 3. The molecule has 1 unspecified atom stereocenters. The summed E-state index contributed by atoms with van der Waals surface area (Å²) in [6.45, 7) is 2.07. The van der Waals surface area contributed by atoms with Crippen molar-refractivity contribution in [3.8, 4) is 5.75 Å². The Bertz CT molecular complexity index is 935. The zero-order valence-electron chi connectivity index (χ0n) is 12.8. The molecule has 0 bridgehead atoms. The molecule has 23 heavy (non-hydrogen) atoms. The van der Waals surface area contributed by atoms with Gasteiger partial charge in [0.1, 0.15) is 5.75 Å². The number of carbonyl (C=O) groups is 1. The van der Waals surface area contributed by atoms with Gasteiger partial charge in [0.25, 0.3) is 0 Å². The van der Waals surface area contributed by atoms with E-state index < -0.39 is 0 Å². The predicted octanol–water partition coefficient (Wildman–Crippen LogP) is 4.38. The van der Waals surface area contributed by atoms with E-state index in [9.17, 15) is 9.90 Å². The first-order valence-corrected chi connectivity index (χ1v) is 7.78. The van der Waals surface area contributed by atoms with Gasteiger partial charge in [-0.2, -0.15) is 0 Å². The number of benzene rings is 2. The van der Waals surface area contributed by atoms with Gasteiger partial charge < -0.3 is 10.1 Å². The van der Waals surface area contributed by atoms with Crippen molar-refractivity contribution < 1.29 is 9.90 Å². The summed E-state index contributed by atoms with van der Waals surface area (Å²) in [4.78, 5) is 15.8. The molecule has 3 aromatic rings. The lowest BCUT2D eigenvalue weighted by Gasteiger charge is -2.10. The molecule has 0 fully saturated rings. The van der Waals surface area contributed by atoms with Crippen LogP contribution in [-0.2, 0) is 4.79 Å². The number of aromatic amines is 1. The van der Waals surface area contributed by atoms with Gasteiger partial charge in [0.05, 0.1) is 5.69 Å². The number of nitrogens with one attached hydrogen (secondary N) is 1. The van der Waals surface area contributed by atoms with Gasteiger partial charge in [-0.25, -0.2) is 0 Å². The molecule has 0 radical (unpaired) electrons. The third-order valence-corrected chi connectivity index (χ3v) is 4.48. The summed E-state index contributed by atoms with van der Waals surface area (Å²) in [6, 6.07) is 15.3. The third-order valence-electron chi connectivity index (χ3n) is 4.48. The normalized spacial score (nSPS) is 17.7. The van der Waals surface area contributed by atoms with Crippen molar-refractivity contribution in [2.45, 2.75) is 19.3 Å². The quantitative estimate of drug-likeness (QED) is 0.701. The summed E-state index contributed by atoms with van der Waals surface area (Å²) >= 11 is 0. The van der Waals surface area contributed by atoms with Crippen molar-refractivity contribution in [1.29, 1.82) is 0 Å². The van der Waals surface area contributed by atoms with Gasteiger partial charge in [-0.15, -0.1) is 0 Å². The maximum atomic E-state index is 12.3. The van der Waals surface area contributed by atoms with Crippen LogP contribution < -0.4 is 0 Å². The highest BCUT2D eigenvalue weighted by Gasteiger charge is 2.26. The van der Waals surface area contributed by atoms with E-state index in [2.05, 4.69) is 11.9 Å². The predicted molar refractivity (Wildman–Crippen MR) is 91.5 cm³/mol. The van der Waals surface area contributed by atoms with Gasteiger partial charge in [-0.05, 0) is 41.3 Å². The Morgan fingerprint density at radius 1 is 1.13 bits per heavy atom. The minimum absolute atomic E-state index is 0.102. The molecule has 2 N–H and O–H groups in total. The summed E-state index contributed by atoms with van der Waals surface area (Å²) < 4.78 is 0. The van der Waals surface area contributed by atoms with Gasteiger partial charge in [0.15, 0.2) is 5.78 Å². The van der Waals surface area contributed by atoms with Crippen LogP contribution in [-0.4, -0.2) is 15.9 Å². The van der Waals surface area contributed by atoms with Crippen molar-refractivity contribution in [3.05, 3.63) is 71.4 Å². The monoisotopic (exact) mass is 303 g/mol. The van der Waals surface area contributed by atoms with Gasteiger partial charge >= 0.3 is 0 Å². The third kappa shape index (κ3) is 2.25. The second kappa shape index (κ2) is 5.13. The van der Waals surface area contributed by atoms with Crippen molar-refractivity contribution in [3.63, 3.8) is 0 Å². The molecule has 3 heteroatoms. The van der Waals surface area contributed by atoms with E-state index in [1.54, 1.807) is 18.2 Å². The fourth-order valence-electron chi connectivity index (χ4n) is 3.47. The van der Waals surface area contributed by atoms with Gasteiger partial charge in [-0.1, -0.05) is 37.3 Å². The van der Waals surface area contributed by atoms with Gasteiger partial charge in [-0.3, -0.25) is 4.79 Å². The van der Waals surface area contributed by atoms with Crippen LogP contribution >= 0.6 is 0 Å². The lowest BCUT2D eigenvalue weighted by molar-refractivity contribution is -0.114. The Kier molecular flexibility index (Phi) is 3.08. The number of rotatable bonds is 1. The summed E-state index contributed by atoms with van der Waals surface area (Å²) in [7, 11) is 0. The molecule has 4 rings (SSSR count). The molecule has 0 spiro atoms. The Labute approximate surface area is 134 Å². The molecule has 3 nitrogen and oxygen atoms in total. The summed E-state index contributed by atoms with van der Waals surface area (Å²) in [5.41, 5.74) is 5.01. The number of hydrogen-bond acceptors (Lipinski definition) is 2. The van der Waals surface area contributed by atoms with E-state index in [4.69, 9.17) is 0 Å². The highest BCUT2D eigenvalue weighted by atomic mass is 16.3. The van der Waals surface area contributed by atoms with Gasteiger partial charge in [0.2, 0.25) is 0 Å². The number of ketones is 1. The second-order valence-electron chi connectivity index (χ2n) is 6.14. The minimum Gasteiger partial charge on any atom is -0.508 e. The van der Waals surface area contributed by atoms with Crippen LogP contribution in [0.4, 0.5) is 0 Å². The first-order chi connectivity index (χ1) is 11.1. The number of aromatic hydroxyl groups is 1. The molecule has 0 aliphatic heterocycles. The van der Waals surface area contributed by atoms with Crippen LogP contribution in [0, 0.1) is 0 Å². The number of hydrogen-bond donors (Lipinski definition) is 2. The standard InChI is InChI=1S/C20H17NO2/c1-12-9-15(23)11-16(13-5-3-2-4-6-13)20-19(12)17-10-14(22)7-8-18(17)21-20/h2-8,10-12,21-22H,9H2,1H3. The maximum absolute atomic E-state index is 12.3. The zero-order chi connectivity index (χ0) is 16.0. The molecule has 1 aliphatic carbocycles. The topological polar surface area (TPSA) is 53.1 Å². The number of allylic oxidation sites excluding steroid dienone is 1.